The number of hydrogen-bond acceptors (Lipinski definition) is 8. The molecule has 0 bridgehead atoms. The Bertz CT molecular complexity index is 1820. The fourth-order valence-electron chi connectivity index (χ4n) is 4.01. The van der Waals surface area contributed by atoms with Gasteiger partial charge < -0.3 is 35.5 Å². The molecule has 204 valence electrons. The van der Waals surface area contributed by atoms with Gasteiger partial charge in [-0.2, -0.15) is 0 Å². The maximum atomic E-state index is 13.3. The third kappa shape index (κ3) is 6.02. The maximum Gasteiger partial charge on any atom is 0.248 e. The minimum Gasteiger partial charge on any atom is -0.504 e. The van der Waals surface area contributed by atoms with Gasteiger partial charge in [0.1, 0.15) is 11.2 Å². The molecular weight excluding hydrogens is 528 g/mol. The maximum absolute atomic E-state index is 13.3. The first-order chi connectivity index (χ1) is 19.7. The average molecular weight is 551 g/mol. The molecule has 41 heavy (non-hydrogen) atoms. The van der Waals surface area contributed by atoms with Gasteiger partial charge in [-0.05, 0) is 83.9 Å². The lowest BCUT2D eigenvalue weighted by atomic mass is 10.1. The predicted molar refractivity (Wildman–Crippen MR) is 155 cm³/mol. The predicted octanol–water partition coefficient (Wildman–Crippen LogP) is 5.07. The third-order valence-corrected chi connectivity index (χ3v) is 6.06. The number of hydrogen-bond donors (Lipinski definition) is 6. The van der Waals surface area contributed by atoms with Gasteiger partial charge in [0.2, 0.25) is 17.2 Å². The van der Waals surface area contributed by atoms with Crippen molar-refractivity contribution in [3.05, 3.63) is 106 Å². The van der Waals surface area contributed by atoms with Crippen LogP contribution in [-0.4, -0.2) is 32.2 Å². The average Bonchev–Trinajstić information content (AvgIpc) is 2.95. The molecule has 5 rings (SSSR count). The first kappa shape index (κ1) is 26.6. The van der Waals surface area contributed by atoms with Crippen LogP contribution in [-0.2, 0) is 9.59 Å². The van der Waals surface area contributed by atoms with Gasteiger partial charge in [-0.15, -0.1) is 0 Å². The van der Waals surface area contributed by atoms with E-state index in [1.807, 2.05) is 0 Å². The Morgan fingerprint density at radius 3 is 1.44 bits per heavy atom. The highest BCUT2D eigenvalue weighted by atomic mass is 16.3. The number of carbonyl (C=O) groups excluding carboxylic acids is 2. The number of benzene rings is 4. The van der Waals surface area contributed by atoms with Crippen LogP contribution < -0.4 is 16.1 Å². The van der Waals surface area contributed by atoms with Crippen molar-refractivity contribution in [2.24, 2.45) is 0 Å². The molecule has 10 heteroatoms. The van der Waals surface area contributed by atoms with Gasteiger partial charge >= 0.3 is 0 Å². The number of rotatable bonds is 6. The minimum atomic E-state index is -0.484. The summed E-state index contributed by atoms with van der Waals surface area (Å²) in [5.74, 6) is -2.13. The van der Waals surface area contributed by atoms with Crippen LogP contribution in [0.15, 0.2) is 94.2 Å². The molecule has 0 saturated carbocycles. The van der Waals surface area contributed by atoms with E-state index in [0.29, 0.717) is 33.7 Å². The zero-order valence-corrected chi connectivity index (χ0v) is 21.2. The highest BCUT2D eigenvalue weighted by molar-refractivity contribution is 6.04. The van der Waals surface area contributed by atoms with Crippen LogP contribution in [0.1, 0.15) is 11.1 Å². The number of fused-ring (bicyclic) bond motifs is 2. The fraction of sp³-hybridized carbons (Fsp3) is 0. The summed E-state index contributed by atoms with van der Waals surface area (Å²) in [5, 5.41) is 43.7. The molecule has 0 unspecified atom stereocenters. The van der Waals surface area contributed by atoms with Crippen LogP contribution in [0.5, 0.6) is 23.0 Å². The number of nitrogens with one attached hydrogen (secondary N) is 2. The molecule has 0 fully saturated rings. The molecule has 0 aliphatic heterocycles. The highest BCUT2D eigenvalue weighted by Crippen LogP contribution is 2.27. The zero-order chi connectivity index (χ0) is 29.1. The fourth-order valence-corrected chi connectivity index (χ4v) is 4.01. The second-order valence-corrected chi connectivity index (χ2v) is 8.99. The second kappa shape index (κ2) is 11.0. The Labute approximate surface area is 231 Å². The highest BCUT2D eigenvalue weighted by Gasteiger charge is 2.11. The van der Waals surface area contributed by atoms with E-state index in [0.717, 1.165) is 0 Å². The first-order valence-electron chi connectivity index (χ1n) is 12.2. The normalized spacial score (nSPS) is 11.4. The van der Waals surface area contributed by atoms with E-state index in [1.165, 1.54) is 72.8 Å². The van der Waals surface area contributed by atoms with Crippen LogP contribution in [0.3, 0.4) is 0 Å². The summed E-state index contributed by atoms with van der Waals surface area (Å²) in [5.41, 5.74) is 1.96. The third-order valence-electron chi connectivity index (χ3n) is 6.06. The molecule has 0 radical (unpaired) electrons. The van der Waals surface area contributed by atoms with Crippen molar-refractivity contribution in [2.75, 3.05) is 10.6 Å². The standard InChI is InChI=1S/C31H22N2O8/c34-23-7-1-17(13-25(23)36)3-11-29(38)32-19-5-9-27-21(15-19)31(40)22-16-20(6-10-28(22)41-27)33-30(39)12-4-18-2-8-24(35)26(37)14-18/h1-16,34-37H,(H,32,38)(H,33,39)/b11-3+,12-4+. The lowest BCUT2D eigenvalue weighted by molar-refractivity contribution is -0.112. The Morgan fingerprint density at radius 2 is 1.02 bits per heavy atom. The number of amides is 2. The van der Waals surface area contributed by atoms with Crippen LogP contribution in [0.25, 0.3) is 34.1 Å². The minimum absolute atomic E-state index is 0.221. The van der Waals surface area contributed by atoms with Crippen molar-refractivity contribution < 1.29 is 34.4 Å². The molecule has 0 saturated heterocycles. The number of anilines is 2. The molecular formula is C31H22N2O8. The molecule has 1 aromatic heterocycles. The van der Waals surface area contributed by atoms with E-state index < -0.39 is 11.8 Å². The van der Waals surface area contributed by atoms with Crippen molar-refractivity contribution in [2.45, 2.75) is 0 Å². The molecule has 2 amide bonds. The Hall–Kier alpha value is -6.03. The first-order valence-corrected chi connectivity index (χ1v) is 12.2. The summed E-state index contributed by atoms with van der Waals surface area (Å²) in [6.07, 6.45) is 5.40. The monoisotopic (exact) mass is 550 g/mol. The van der Waals surface area contributed by atoms with Crippen LogP contribution in [0.2, 0.25) is 0 Å². The van der Waals surface area contributed by atoms with Crippen molar-refractivity contribution in [3.8, 4) is 23.0 Å². The van der Waals surface area contributed by atoms with E-state index in [-0.39, 0.29) is 39.2 Å². The number of phenols is 4. The van der Waals surface area contributed by atoms with Gasteiger partial charge in [-0.1, -0.05) is 12.1 Å². The van der Waals surface area contributed by atoms with Crippen molar-refractivity contribution >= 4 is 57.3 Å². The molecule has 1 heterocycles. The quantitative estimate of drug-likeness (QED) is 0.0967. The van der Waals surface area contributed by atoms with Gasteiger partial charge in [0.05, 0.1) is 10.8 Å². The Morgan fingerprint density at radius 1 is 0.585 bits per heavy atom. The molecule has 0 aliphatic carbocycles. The van der Waals surface area contributed by atoms with Crippen molar-refractivity contribution in [1.82, 2.24) is 0 Å². The smallest absolute Gasteiger partial charge is 0.248 e. The Balaban J connectivity index is 1.34. The van der Waals surface area contributed by atoms with Gasteiger partial charge in [-0.25, -0.2) is 0 Å². The summed E-state index contributed by atoms with van der Waals surface area (Å²) < 4.78 is 5.86. The SMILES string of the molecule is O=C(/C=C/c1ccc(O)c(O)c1)Nc1ccc2oc3ccc(NC(=O)/C=C/c4ccc(O)c(O)c4)cc3c(=O)c2c1. The van der Waals surface area contributed by atoms with Crippen LogP contribution >= 0.6 is 0 Å². The van der Waals surface area contributed by atoms with Gasteiger partial charge in [0.15, 0.2) is 23.0 Å². The zero-order valence-electron chi connectivity index (χ0n) is 21.2. The number of phenolic OH excluding ortho intramolecular Hbond substituents is 4. The summed E-state index contributed by atoms with van der Waals surface area (Å²) >= 11 is 0. The summed E-state index contributed by atoms with van der Waals surface area (Å²) in [4.78, 5) is 38.1. The Kier molecular flexibility index (Phi) is 7.12. The molecule has 0 spiro atoms. The van der Waals surface area contributed by atoms with E-state index in [9.17, 15) is 34.8 Å². The molecule has 6 N–H and O–H groups in total. The summed E-state index contributed by atoms with van der Waals surface area (Å²) in [6, 6.07) is 17.5. The van der Waals surface area contributed by atoms with E-state index in [1.54, 1.807) is 24.3 Å². The van der Waals surface area contributed by atoms with Gasteiger partial charge in [-0.3, -0.25) is 14.4 Å². The topological polar surface area (TPSA) is 169 Å². The molecule has 0 atom stereocenters. The lowest BCUT2D eigenvalue weighted by Crippen LogP contribution is -2.10. The second-order valence-electron chi connectivity index (χ2n) is 8.99. The number of carbonyl (C=O) groups is 2. The van der Waals surface area contributed by atoms with E-state index >= 15 is 0 Å². The largest absolute Gasteiger partial charge is 0.504 e. The summed E-state index contributed by atoms with van der Waals surface area (Å²) in [7, 11) is 0. The summed E-state index contributed by atoms with van der Waals surface area (Å²) in [6.45, 7) is 0. The molecule has 0 aliphatic rings. The number of aromatic hydroxyl groups is 4. The molecule has 5 aromatic rings. The van der Waals surface area contributed by atoms with Crippen molar-refractivity contribution in [1.29, 1.82) is 0 Å². The lowest BCUT2D eigenvalue weighted by Gasteiger charge is -2.07. The van der Waals surface area contributed by atoms with Crippen LogP contribution in [0.4, 0.5) is 11.4 Å². The van der Waals surface area contributed by atoms with Gasteiger partial charge in [0, 0.05) is 23.5 Å². The molecule has 4 aromatic carbocycles. The van der Waals surface area contributed by atoms with Crippen molar-refractivity contribution in [3.63, 3.8) is 0 Å². The molecule has 10 nitrogen and oxygen atoms in total. The van der Waals surface area contributed by atoms with Crippen LogP contribution in [0, 0.1) is 0 Å². The van der Waals surface area contributed by atoms with Gasteiger partial charge in [0.25, 0.3) is 0 Å². The van der Waals surface area contributed by atoms with E-state index in [4.69, 9.17) is 4.42 Å². The van der Waals surface area contributed by atoms with E-state index in [2.05, 4.69) is 10.6 Å².